The largest absolute Gasteiger partial charge is 0.493 e. The van der Waals surface area contributed by atoms with E-state index in [2.05, 4.69) is 13.8 Å². The van der Waals surface area contributed by atoms with Crippen molar-refractivity contribution in [1.29, 1.82) is 0 Å². The first-order valence-corrected chi connectivity index (χ1v) is 11.8. The quantitative estimate of drug-likeness (QED) is 0.649. The lowest BCUT2D eigenvalue weighted by molar-refractivity contribution is -0.0167. The van der Waals surface area contributed by atoms with Gasteiger partial charge in [0, 0.05) is 18.0 Å². The molecule has 0 radical (unpaired) electrons. The zero-order valence-corrected chi connectivity index (χ0v) is 18.3. The summed E-state index contributed by atoms with van der Waals surface area (Å²) in [5.41, 5.74) is 1.39. The summed E-state index contributed by atoms with van der Waals surface area (Å²) in [6.45, 7) is 6.70. The molecule has 0 N–H and O–H groups in total. The molecule has 0 aromatic heterocycles. The van der Waals surface area contributed by atoms with Gasteiger partial charge in [0.15, 0.2) is 0 Å². The summed E-state index contributed by atoms with van der Waals surface area (Å²) in [4.78, 5) is 14.3. The second kappa shape index (κ2) is 7.81. The molecule has 1 aromatic rings. The highest BCUT2D eigenvalue weighted by Crippen LogP contribution is 2.53. The molecule has 4 fully saturated rings. The van der Waals surface area contributed by atoms with E-state index in [-0.39, 0.29) is 23.6 Å². The highest BCUT2D eigenvalue weighted by atomic mass is 19.1. The minimum absolute atomic E-state index is 0.158. The average Bonchev–Trinajstić information content (AvgIpc) is 3.37. The number of amides is 1. The van der Waals surface area contributed by atoms with Gasteiger partial charge in [-0.2, -0.15) is 0 Å². The van der Waals surface area contributed by atoms with Crippen molar-refractivity contribution >= 4 is 5.91 Å². The highest BCUT2D eigenvalue weighted by Gasteiger charge is 2.45. The van der Waals surface area contributed by atoms with Gasteiger partial charge in [0.05, 0.1) is 18.8 Å². The topological polar surface area (TPSA) is 38.8 Å². The molecule has 1 aromatic carbocycles. The van der Waals surface area contributed by atoms with Crippen LogP contribution in [0.5, 0.6) is 5.75 Å². The van der Waals surface area contributed by atoms with E-state index in [1.54, 1.807) is 11.0 Å². The predicted molar refractivity (Wildman–Crippen MR) is 113 cm³/mol. The second-order valence-electron chi connectivity index (χ2n) is 10.7. The zero-order chi connectivity index (χ0) is 20.9. The molecule has 1 saturated heterocycles. The van der Waals surface area contributed by atoms with Crippen molar-refractivity contribution in [3.8, 4) is 5.75 Å². The van der Waals surface area contributed by atoms with Gasteiger partial charge < -0.3 is 14.4 Å². The van der Waals surface area contributed by atoms with E-state index in [0.29, 0.717) is 31.4 Å². The number of carbonyl (C=O) groups excluding carboxylic acids is 1. The van der Waals surface area contributed by atoms with Crippen molar-refractivity contribution < 1.29 is 18.7 Å². The Hall–Kier alpha value is -1.62. The number of benzene rings is 1. The first kappa shape index (κ1) is 20.3. The second-order valence-corrected chi connectivity index (χ2v) is 10.7. The molecular formula is C25H34FNO3. The third-order valence-electron chi connectivity index (χ3n) is 7.68. The number of nitrogens with zero attached hydrogens (tertiary/aromatic N) is 1. The van der Waals surface area contributed by atoms with Crippen LogP contribution >= 0.6 is 0 Å². The summed E-state index contributed by atoms with van der Waals surface area (Å²) < 4.78 is 26.7. The molecule has 5 rings (SSSR count). The number of rotatable bonds is 5. The normalized spacial score (nSPS) is 33.6. The highest BCUT2D eigenvalue weighted by molar-refractivity contribution is 5.95. The maximum atomic E-state index is 15.0. The Labute approximate surface area is 179 Å². The fourth-order valence-corrected chi connectivity index (χ4v) is 6.63. The Balaban J connectivity index is 1.38. The van der Waals surface area contributed by atoms with Gasteiger partial charge in [-0.05, 0) is 80.2 Å². The number of hydrogen-bond acceptors (Lipinski definition) is 3. The van der Waals surface area contributed by atoms with Crippen LogP contribution in [0.1, 0.15) is 80.6 Å². The molecule has 0 spiro atoms. The van der Waals surface area contributed by atoms with Gasteiger partial charge in [-0.15, -0.1) is 0 Å². The smallest absolute Gasteiger partial charge is 0.258 e. The van der Waals surface area contributed by atoms with Gasteiger partial charge in [0.2, 0.25) is 0 Å². The number of carbonyl (C=O) groups is 1. The standard InChI is InChI=1S/C25H34FNO3/c1-16-7-18-8-17(2)12-25(11-16,13-18)14-30-23-10-22(26)21(9-20(23)19-3-4-19)24(28)27-5-6-29-15-27/h9-10,16-19H,3-8,11-15H2,1-2H3. The Morgan fingerprint density at radius 3 is 2.57 bits per heavy atom. The van der Waals surface area contributed by atoms with Crippen LogP contribution in [0, 0.1) is 29.0 Å². The predicted octanol–water partition coefficient (Wildman–Crippen LogP) is 5.36. The number of fused-ring (bicyclic) bond motifs is 2. The van der Waals surface area contributed by atoms with Gasteiger partial charge >= 0.3 is 0 Å². The molecule has 4 nitrogen and oxygen atoms in total. The van der Waals surface area contributed by atoms with Gasteiger partial charge in [0.1, 0.15) is 18.3 Å². The van der Waals surface area contributed by atoms with Crippen LogP contribution < -0.4 is 4.74 Å². The SMILES string of the molecule is CC1CC2CC(C)CC(COc3cc(F)c(C(=O)N4CCOC4)cc3C3CC3)(C1)C2. The third-order valence-corrected chi connectivity index (χ3v) is 7.68. The lowest BCUT2D eigenvalue weighted by atomic mass is 9.57. The molecule has 2 bridgehead atoms. The fraction of sp³-hybridized carbons (Fsp3) is 0.720. The van der Waals surface area contributed by atoms with E-state index in [1.807, 2.05) is 0 Å². The summed E-state index contributed by atoms with van der Waals surface area (Å²) in [6, 6.07) is 3.24. The lowest BCUT2D eigenvalue weighted by Gasteiger charge is -2.49. The molecule has 5 heteroatoms. The molecule has 4 aliphatic rings. The summed E-state index contributed by atoms with van der Waals surface area (Å²) in [7, 11) is 0. The monoisotopic (exact) mass is 415 g/mol. The first-order chi connectivity index (χ1) is 14.4. The molecule has 1 amide bonds. The van der Waals surface area contributed by atoms with E-state index in [4.69, 9.17) is 9.47 Å². The molecule has 2 atom stereocenters. The van der Waals surface area contributed by atoms with Crippen molar-refractivity contribution in [2.75, 3.05) is 26.5 Å². The van der Waals surface area contributed by atoms with Crippen LogP contribution in [0.15, 0.2) is 12.1 Å². The summed E-state index contributed by atoms with van der Waals surface area (Å²) in [6.07, 6.45) is 8.51. The van der Waals surface area contributed by atoms with Crippen LogP contribution in [0.25, 0.3) is 0 Å². The number of halogens is 1. The summed E-state index contributed by atoms with van der Waals surface area (Å²) in [5, 5.41) is 0. The summed E-state index contributed by atoms with van der Waals surface area (Å²) >= 11 is 0. The van der Waals surface area contributed by atoms with Crippen molar-refractivity contribution in [3.05, 3.63) is 29.1 Å². The van der Waals surface area contributed by atoms with Crippen molar-refractivity contribution in [1.82, 2.24) is 4.90 Å². The van der Waals surface area contributed by atoms with Gasteiger partial charge in [-0.3, -0.25) is 4.79 Å². The molecule has 1 aliphatic heterocycles. The van der Waals surface area contributed by atoms with Crippen LogP contribution in [0.3, 0.4) is 0 Å². The molecule has 1 heterocycles. The zero-order valence-electron chi connectivity index (χ0n) is 18.3. The van der Waals surface area contributed by atoms with E-state index < -0.39 is 5.82 Å². The number of ether oxygens (including phenoxy) is 2. The Kier molecular flexibility index (Phi) is 5.29. The Morgan fingerprint density at radius 2 is 1.93 bits per heavy atom. The van der Waals surface area contributed by atoms with Gasteiger partial charge in [-0.25, -0.2) is 4.39 Å². The van der Waals surface area contributed by atoms with Gasteiger partial charge in [-0.1, -0.05) is 13.8 Å². The van der Waals surface area contributed by atoms with Crippen molar-refractivity contribution in [2.24, 2.45) is 23.2 Å². The van der Waals surface area contributed by atoms with Crippen LogP contribution in [-0.4, -0.2) is 37.3 Å². The van der Waals surface area contributed by atoms with Gasteiger partial charge in [0.25, 0.3) is 5.91 Å². The Morgan fingerprint density at radius 1 is 1.20 bits per heavy atom. The fourth-order valence-electron chi connectivity index (χ4n) is 6.63. The molecule has 3 aliphatic carbocycles. The minimum atomic E-state index is -0.476. The maximum absolute atomic E-state index is 15.0. The van der Waals surface area contributed by atoms with Crippen LogP contribution in [-0.2, 0) is 4.74 Å². The van der Waals surface area contributed by atoms with Crippen LogP contribution in [0.2, 0.25) is 0 Å². The summed E-state index contributed by atoms with van der Waals surface area (Å²) in [5.74, 6) is 2.58. The molecule has 164 valence electrons. The lowest BCUT2D eigenvalue weighted by Crippen LogP contribution is -2.43. The molecule has 2 unspecified atom stereocenters. The molecule has 3 saturated carbocycles. The van der Waals surface area contributed by atoms with Crippen molar-refractivity contribution in [3.63, 3.8) is 0 Å². The number of hydrogen-bond donors (Lipinski definition) is 0. The minimum Gasteiger partial charge on any atom is -0.493 e. The maximum Gasteiger partial charge on any atom is 0.258 e. The molecular weight excluding hydrogens is 381 g/mol. The Bertz CT molecular complexity index is 795. The third kappa shape index (κ3) is 3.98. The van der Waals surface area contributed by atoms with E-state index in [0.717, 1.165) is 36.2 Å². The van der Waals surface area contributed by atoms with Crippen molar-refractivity contribution in [2.45, 2.75) is 64.7 Å². The molecule has 30 heavy (non-hydrogen) atoms. The van der Waals surface area contributed by atoms with E-state index in [1.165, 1.54) is 38.2 Å². The van der Waals surface area contributed by atoms with E-state index >= 15 is 0 Å². The first-order valence-electron chi connectivity index (χ1n) is 11.8. The van der Waals surface area contributed by atoms with Crippen LogP contribution in [0.4, 0.5) is 4.39 Å². The van der Waals surface area contributed by atoms with E-state index in [9.17, 15) is 9.18 Å². The average molecular weight is 416 g/mol.